The van der Waals surface area contributed by atoms with Crippen LogP contribution in [0.3, 0.4) is 0 Å². The molecule has 1 aromatic rings. The zero-order valence-corrected chi connectivity index (χ0v) is 15.9. The number of ether oxygens (including phenoxy) is 1. The highest BCUT2D eigenvalue weighted by Gasteiger charge is 2.47. The lowest BCUT2D eigenvalue weighted by Gasteiger charge is -2.54. The quantitative estimate of drug-likeness (QED) is 0.888. The molecule has 0 amide bonds. The van der Waals surface area contributed by atoms with E-state index < -0.39 is 0 Å². The Labute approximate surface area is 151 Å². The van der Waals surface area contributed by atoms with Crippen LogP contribution in [0.15, 0.2) is 12.1 Å². The second-order valence-electron chi connectivity index (χ2n) is 8.63. The molecule has 1 aromatic carbocycles. The summed E-state index contributed by atoms with van der Waals surface area (Å²) in [5.74, 6) is 1.81. The van der Waals surface area contributed by atoms with Crippen molar-refractivity contribution in [3.8, 4) is 11.5 Å². The Morgan fingerprint density at radius 1 is 1.20 bits per heavy atom. The topological polar surface area (TPSA) is 35.9 Å². The van der Waals surface area contributed by atoms with E-state index in [-0.39, 0.29) is 5.75 Å². The van der Waals surface area contributed by atoms with Crippen LogP contribution < -0.4 is 9.64 Å². The van der Waals surface area contributed by atoms with Crippen molar-refractivity contribution in [3.05, 3.63) is 17.7 Å². The van der Waals surface area contributed by atoms with Gasteiger partial charge in [0.15, 0.2) is 11.5 Å². The van der Waals surface area contributed by atoms with Gasteiger partial charge in [-0.15, -0.1) is 0 Å². The first-order chi connectivity index (χ1) is 12.0. The fraction of sp³-hybridized carbons (Fsp3) is 0.714. The average Bonchev–Trinajstić information content (AvgIpc) is 2.60. The Morgan fingerprint density at radius 3 is 2.88 bits per heavy atom. The molecule has 138 valence electrons. The van der Waals surface area contributed by atoms with E-state index in [0.29, 0.717) is 23.8 Å². The molecule has 3 unspecified atom stereocenters. The second-order valence-corrected chi connectivity index (χ2v) is 8.63. The van der Waals surface area contributed by atoms with Crippen LogP contribution in [0.5, 0.6) is 11.5 Å². The number of hydrogen-bond donors (Lipinski definition) is 1. The molecule has 1 saturated carbocycles. The lowest BCUT2D eigenvalue weighted by atomic mass is 9.59. The largest absolute Gasteiger partial charge is 0.504 e. The van der Waals surface area contributed by atoms with Crippen molar-refractivity contribution in [3.63, 3.8) is 0 Å². The minimum atomic E-state index is 0.268. The number of likely N-dealkylation sites (tertiary alicyclic amines) is 1. The Balaban J connectivity index is 1.69. The summed E-state index contributed by atoms with van der Waals surface area (Å²) in [7, 11) is 4.41. The van der Waals surface area contributed by atoms with E-state index in [2.05, 4.69) is 36.9 Å². The molecule has 2 heterocycles. The van der Waals surface area contributed by atoms with Crippen molar-refractivity contribution in [2.45, 2.75) is 51.5 Å². The van der Waals surface area contributed by atoms with Crippen LogP contribution in [-0.2, 0) is 6.42 Å². The summed E-state index contributed by atoms with van der Waals surface area (Å²) in [6.45, 7) is 5.26. The molecule has 1 saturated heterocycles. The number of rotatable bonds is 2. The number of piperidine rings is 1. The van der Waals surface area contributed by atoms with E-state index in [1.807, 2.05) is 6.07 Å². The molecule has 25 heavy (non-hydrogen) atoms. The smallest absolute Gasteiger partial charge is 0.184 e. The van der Waals surface area contributed by atoms with Gasteiger partial charge in [-0.2, -0.15) is 0 Å². The summed E-state index contributed by atoms with van der Waals surface area (Å²) in [5, 5.41) is 10.2. The highest BCUT2D eigenvalue weighted by molar-refractivity contribution is 5.69. The molecule has 1 N–H and O–H groups in total. The number of phenols is 1. The molecule has 0 bridgehead atoms. The van der Waals surface area contributed by atoms with Crippen LogP contribution >= 0.6 is 0 Å². The van der Waals surface area contributed by atoms with Gasteiger partial charge in [-0.3, -0.25) is 0 Å². The first-order valence-corrected chi connectivity index (χ1v) is 9.89. The van der Waals surface area contributed by atoms with Gasteiger partial charge in [0.05, 0.1) is 12.2 Å². The fourth-order valence-electron chi connectivity index (χ4n) is 5.68. The molecule has 4 nitrogen and oxygen atoms in total. The molecule has 2 aliphatic heterocycles. The Hall–Kier alpha value is -1.42. The number of fused-ring (bicyclic) bond motifs is 2. The maximum absolute atomic E-state index is 10.2. The maximum Gasteiger partial charge on any atom is 0.184 e. The number of likely N-dealkylation sites (N-methyl/N-ethyl adjacent to an activating group) is 2. The lowest BCUT2D eigenvalue weighted by Crippen LogP contribution is -2.56. The van der Waals surface area contributed by atoms with Crippen molar-refractivity contribution in [1.29, 1.82) is 0 Å². The highest BCUT2D eigenvalue weighted by Crippen LogP contribution is 2.51. The van der Waals surface area contributed by atoms with Gasteiger partial charge in [-0.25, -0.2) is 0 Å². The number of anilines is 1. The van der Waals surface area contributed by atoms with Crippen molar-refractivity contribution >= 4 is 5.69 Å². The Morgan fingerprint density at radius 2 is 2.04 bits per heavy atom. The second kappa shape index (κ2) is 6.39. The van der Waals surface area contributed by atoms with E-state index >= 15 is 0 Å². The molecule has 4 rings (SSSR count). The van der Waals surface area contributed by atoms with Crippen LogP contribution in [0, 0.1) is 11.3 Å². The first-order valence-electron chi connectivity index (χ1n) is 9.89. The van der Waals surface area contributed by atoms with Crippen LogP contribution in [-0.4, -0.2) is 49.8 Å². The van der Waals surface area contributed by atoms with Gasteiger partial charge in [0.2, 0.25) is 0 Å². The molecule has 1 aliphatic carbocycles. The van der Waals surface area contributed by atoms with Crippen LogP contribution in [0.4, 0.5) is 5.69 Å². The molecule has 4 heteroatoms. The third-order valence-corrected chi connectivity index (χ3v) is 7.24. The highest BCUT2D eigenvalue weighted by atomic mass is 16.5. The predicted molar refractivity (Wildman–Crippen MR) is 102 cm³/mol. The summed E-state index contributed by atoms with van der Waals surface area (Å²) >= 11 is 0. The van der Waals surface area contributed by atoms with Gasteiger partial charge in [0.1, 0.15) is 6.61 Å². The maximum atomic E-state index is 10.2. The zero-order chi connectivity index (χ0) is 17.6. The van der Waals surface area contributed by atoms with Gasteiger partial charge in [0.25, 0.3) is 0 Å². The van der Waals surface area contributed by atoms with E-state index in [0.717, 1.165) is 24.6 Å². The normalized spacial score (nSPS) is 32.7. The van der Waals surface area contributed by atoms with Crippen LogP contribution in [0.2, 0.25) is 0 Å². The van der Waals surface area contributed by atoms with Crippen molar-refractivity contribution in [2.75, 3.05) is 38.7 Å². The Bertz CT molecular complexity index is 647. The molecular formula is C21H32N2O2. The zero-order valence-electron chi connectivity index (χ0n) is 15.9. The average molecular weight is 344 g/mol. The SMILES string of the molecule is CN1CCOc2c(O)ccc(CC3N(C)CCC4CCCCC43C)c21. The Kier molecular flexibility index (Phi) is 4.35. The van der Waals surface area contributed by atoms with E-state index in [4.69, 9.17) is 4.74 Å². The standard InChI is InChI=1S/C21H32N2O2/c1-21-10-5-4-6-16(21)9-11-22(2)18(21)14-15-7-8-17(24)20-19(15)23(3)12-13-25-20/h7-8,16,18,24H,4-6,9-14H2,1-3H3. The molecule has 0 aromatic heterocycles. The number of aromatic hydroxyl groups is 1. The van der Waals surface area contributed by atoms with E-state index in [1.165, 1.54) is 44.2 Å². The first kappa shape index (κ1) is 17.0. The third-order valence-electron chi connectivity index (χ3n) is 7.24. The van der Waals surface area contributed by atoms with Gasteiger partial charge in [-0.05, 0) is 62.2 Å². The minimum absolute atomic E-state index is 0.268. The van der Waals surface area contributed by atoms with E-state index in [9.17, 15) is 5.11 Å². The fourth-order valence-corrected chi connectivity index (χ4v) is 5.68. The monoisotopic (exact) mass is 344 g/mol. The van der Waals surface area contributed by atoms with Gasteiger partial charge >= 0.3 is 0 Å². The van der Waals surface area contributed by atoms with Crippen LogP contribution in [0.25, 0.3) is 0 Å². The van der Waals surface area contributed by atoms with Crippen LogP contribution in [0.1, 0.15) is 44.6 Å². The lowest BCUT2D eigenvalue weighted by molar-refractivity contribution is -0.0378. The van der Waals surface area contributed by atoms with Gasteiger partial charge < -0.3 is 19.6 Å². The summed E-state index contributed by atoms with van der Waals surface area (Å²) in [6, 6.07) is 4.50. The predicted octanol–water partition coefficient (Wildman–Crippen LogP) is 3.66. The van der Waals surface area contributed by atoms with Crippen molar-refractivity contribution in [2.24, 2.45) is 11.3 Å². The molecule has 3 aliphatic rings. The summed E-state index contributed by atoms with van der Waals surface area (Å²) in [5.41, 5.74) is 2.82. The molecular weight excluding hydrogens is 312 g/mol. The molecule has 3 atom stereocenters. The number of nitrogens with zero attached hydrogens (tertiary/aromatic N) is 2. The molecule has 0 radical (unpaired) electrons. The van der Waals surface area contributed by atoms with Crippen molar-refractivity contribution < 1.29 is 9.84 Å². The minimum Gasteiger partial charge on any atom is -0.504 e. The summed E-state index contributed by atoms with van der Waals surface area (Å²) in [4.78, 5) is 4.84. The summed E-state index contributed by atoms with van der Waals surface area (Å²) in [6.07, 6.45) is 7.91. The number of phenolic OH excluding ortho intramolecular Hbond substituents is 1. The summed E-state index contributed by atoms with van der Waals surface area (Å²) < 4.78 is 5.81. The molecule has 2 fully saturated rings. The number of benzene rings is 1. The third kappa shape index (κ3) is 2.79. The molecule has 0 spiro atoms. The van der Waals surface area contributed by atoms with Gasteiger partial charge in [0, 0.05) is 13.1 Å². The van der Waals surface area contributed by atoms with E-state index in [1.54, 1.807) is 0 Å². The number of hydrogen-bond acceptors (Lipinski definition) is 4. The van der Waals surface area contributed by atoms with Crippen molar-refractivity contribution in [1.82, 2.24) is 4.90 Å². The van der Waals surface area contributed by atoms with Gasteiger partial charge in [-0.1, -0.05) is 25.8 Å².